The highest BCUT2D eigenvalue weighted by Gasteiger charge is 2.41. The molecule has 0 saturated carbocycles. The van der Waals surface area contributed by atoms with E-state index in [9.17, 15) is 22.4 Å². The summed E-state index contributed by atoms with van der Waals surface area (Å²) < 4.78 is 54.2. The number of hydrogen-bond donors (Lipinski definition) is 1. The first-order chi connectivity index (χ1) is 13.8. The van der Waals surface area contributed by atoms with Gasteiger partial charge in [0.15, 0.2) is 11.4 Å². The Bertz CT molecular complexity index is 981. The zero-order chi connectivity index (χ0) is 21.0. The molecule has 154 valence electrons. The molecule has 2 heterocycles. The topological polar surface area (TPSA) is 72.7 Å². The summed E-state index contributed by atoms with van der Waals surface area (Å²) in [4.78, 5) is 16.6. The lowest BCUT2D eigenvalue weighted by molar-refractivity contribution is -0.143. The van der Waals surface area contributed by atoms with Gasteiger partial charge in [0.2, 0.25) is 0 Å². The van der Waals surface area contributed by atoms with Crippen LogP contribution in [-0.2, 0) is 12.6 Å². The number of benzene rings is 1. The first kappa shape index (κ1) is 20.9. The summed E-state index contributed by atoms with van der Waals surface area (Å²) in [5.74, 6) is -1.57. The Kier molecular flexibility index (Phi) is 6.26. The molecular weight excluding hydrogens is 410 g/mol. The van der Waals surface area contributed by atoms with Crippen molar-refractivity contribution in [1.29, 1.82) is 0 Å². The van der Waals surface area contributed by atoms with Crippen molar-refractivity contribution >= 4 is 17.2 Å². The fourth-order valence-corrected chi connectivity index (χ4v) is 3.47. The van der Waals surface area contributed by atoms with Crippen molar-refractivity contribution in [2.75, 3.05) is 6.54 Å². The Hall–Kier alpha value is -2.82. The molecule has 0 spiro atoms. The van der Waals surface area contributed by atoms with Crippen LogP contribution in [0.15, 0.2) is 29.6 Å². The number of carbonyl (C=O) groups is 1. The first-order valence-electron chi connectivity index (χ1n) is 8.74. The summed E-state index contributed by atoms with van der Waals surface area (Å²) in [6, 6.07) is 4.25. The molecule has 11 heteroatoms. The van der Waals surface area contributed by atoms with E-state index in [0.717, 1.165) is 47.8 Å². The van der Waals surface area contributed by atoms with E-state index in [1.54, 1.807) is 11.3 Å². The van der Waals surface area contributed by atoms with Gasteiger partial charge >= 0.3 is 6.18 Å². The second-order valence-corrected chi connectivity index (χ2v) is 7.21. The molecule has 0 radical (unpaired) electrons. The van der Waals surface area contributed by atoms with E-state index in [4.69, 9.17) is 0 Å². The molecule has 0 saturated heterocycles. The van der Waals surface area contributed by atoms with Crippen molar-refractivity contribution in [2.24, 2.45) is 0 Å². The second kappa shape index (κ2) is 8.68. The van der Waals surface area contributed by atoms with Crippen molar-refractivity contribution in [2.45, 2.75) is 32.4 Å². The maximum Gasteiger partial charge on any atom is 0.435 e. The van der Waals surface area contributed by atoms with Crippen LogP contribution in [0.4, 0.5) is 17.6 Å². The number of amides is 1. The number of nitrogens with zero attached hydrogens (tertiary/aromatic N) is 4. The second-order valence-electron chi connectivity index (χ2n) is 6.27. The van der Waals surface area contributed by atoms with Gasteiger partial charge in [-0.2, -0.15) is 13.2 Å². The Morgan fingerprint density at radius 3 is 2.55 bits per heavy atom. The van der Waals surface area contributed by atoms with Crippen LogP contribution in [0.25, 0.3) is 5.69 Å². The van der Waals surface area contributed by atoms with Gasteiger partial charge in [0.05, 0.1) is 10.7 Å². The molecule has 29 heavy (non-hydrogen) atoms. The molecule has 0 fully saturated rings. The monoisotopic (exact) mass is 427 g/mol. The molecule has 0 aliphatic rings. The predicted octanol–water partition coefficient (Wildman–Crippen LogP) is 3.94. The van der Waals surface area contributed by atoms with Crippen LogP contribution in [0.2, 0.25) is 0 Å². The number of thiazole rings is 1. The third-order valence-electron chi connectivity index (χ3n) is 3.99. The Morgan fingerprint density at radius 1 is 1.21 bits per heavy atom. The molecule has 6 nitrogen and oxygen atoms in total. The Morgan fingerprint density at radius 2 is 1.93 bits per heavy atom. The van der Waals surface area contributed by atoms with E-state index >= 15 is 0 Å². The Balaban J connectivity index is 1.66. The lowest BCUT2D eigenvalue weighted by atomic mass is 10.2. The van der Waals surface area contributed by atoms with E-state index in [-0.39, 0.29) is 12.2 Å². The zero-order valence-corrected chi connectivity index (χ0v) is 16.1. The average molecular weight is 427 g/mol. The molecule has 0 atom stereocenters. The summed E-state index contributed by atoms with van der Waals surface area (Å²) in [6.45, 7) is 2.10. The maximum atomic E-state index is 13.5. The minimum atomic E-state index is -4.87. The number of unbranched alkanes of at least 4 members (excludes halogenated alkanes) is 1. The summed E-state index contributed by atoms with van der Waals surface area (Å²) in [5, 5.41) is 12.2. The van der Waals surface area contributed by atoms with Gasteiger partial charge in [-0.25, -0.2) is 14.1 Å². The van der Waals surface area contributed by atoms with Gasteiger partial charge in [-0.15, -0.1) is 16.4 Å². The third-order valence-corrected chi connectivity index (χ3v) is 5.02. The number of rotatable bonds is 7. The molecule has 0 aliphatic heterocycles. The number of halogens is 4. The van der Waals surface area contributed by atoms with Crippen LogP contribution in [0.5, 0.6) is 0 Å². The van der Waals surface area contributed by atoms with E-state index in [0.29, 0.717) is 11.1 Å². The van der Waals surface area contributed by atoms with Gasteiger partial charge in [-0.3, -0.25) is 4.79 Å². The number of carbonyl (C=O) groups excluding carboxylic acids is 1. The maximum absolute atomic E-state index is 13.5. The van der Waals surface area contributed by atoms with E-state index < -0.39 is 29.3 Å². The van der Waals surface area contributed by atoms with Gasteiger partial charge in [0, 0.05) is 17.6 Å². The summed E-state index contributed by atoms with van der Waals surface area (Å²) in [6.07, 6.45) is -2.81. The lowest BCUT2D eigenvalue weighted by Gasteiger charge is -2.11. The highest BCUT2D eigenvalue weighted by Crippen LogP contribution is 2.32. The van der Waals surface area contributed by atoms with Crippen LogP contribution < -0.4 is 5.32 Å². The lowest BCUT2D eigenvalue weighted by Crippen LogP contribution is -2.28. The van der Waals surface area contributed by atoms with Crippen LogP contribution in [0.3, 0.4) is 0 Å². The summed E-state index contributed by atoms with van der Waals surface area (Å²) >= 11 is 1.55. The fourth-order valence-electron chi connectivity index (χ4n) is 2.66. The highest BCUT2D eigenvalue weighted by atomic mass is 32.1. The van der Waals surface area contributed by atoms with Crippen LogP contribution in [-0.4, -0.2) is 32.4 Å². The van der Waals surface area contributed by atoms with E-state index in [2.05, 4.69) is 20.6 Å². The largest absolute Gasteiger partial charge is 0.435 e. The normalized spacial score (nSPS) is 11.6. The molecule has 3 rings (SSSR count). The van der Waals surface area contributed by atoms with Crippen molar-refractivity contribution in [3.05, 3.63) is 57.6 Å². The fraction of sp³-hybridized carbons (Fsp3) is 0.333. The van der Waals surface area contributed by atoms with Crippen molar-refractivity contribution < 1.29 is 22.4 Å². The SMILES string of the molecule is Cc1csc(CCCCNC(=O)c2nnn(-c3ccc(F)cc3)c2C(F)(F)F)n1. The van der Waals surface area contributed by atoms with Crippen molar-refractivity contribution in [1.82, 2.24) is 25.3 Å². The molecule has 1 aromatic carbocycles. The minimum absolute atomic E-state index is 0.0518. The van der Waals surface area contributed by atoms with Crippen LogP contribution in [0.1, 0.15) is 39.7 Å². The first-order valence-corrected chi connectivity index (χ1v) is 9.61. The van der Waals surface area contributed by atoms with Crippen molar-refractivity contribution in [3.63, 3.8) is 0 Å². The molecular formula is C18H17F4N5OS. The molecule has 0 aliphatic carbocycles. The average Bonchev–Trinajstić information content (AvgIpc) is 3.28. The van der Waals surface area contributed by atoms with Gasteiger partial charge in [0.1, 0.15) is 5.82 Å². The summed E-state index contributed by atoms with van der Waals surface area (Å²) in [5.41, 5.74) is -1.23. The minimum Gasteiger partial charge on any atom is -0.351 e. The summed E-state index contributed by atoms with van der Waals surface area (Å²) in [7, 11) is 0. The van der Waals surface area contributed by atoms with Gasteiger partial charge in [-0.1, -0.05) is 5.21 Å². The number of nitrogens with one attached hydrogen (secondary N) is 1. The molecule has 2 aromatic heterocycles. The number of aryl methyl sites for hydroxylation is 2. The highest BCUT2D eigenvalue weighted by molar-refractivity contribution is 7.09. The van der Waals surface area contributed by atoms with Gasteiger partial charge in [-0.05, 0) is 50.5 Å². The van der Waals surface area contributed by atoms with E-state index in [1.165, 1.54) is 0 Å². The zero-order valence-electron chi connectivity index (χ0n) is 15.3. The molecule has 0 unspecified atom stereocenters. The quantitative estimate of drug-likeness (QED) is 0.458. The number of aromatic nitrogens is 4. The van der Waals surface area contributed by atoms with Crippen LogP contribution >= 0.6 is 11.3 Å². The number of alkyl halides is 3. The number of hydrogen-bond acceptors (Lipinski definition) is 5. The molecule has 3 aromatic rings. The predicted molar refractivity (Wildman–Crippen MR) is 98.4 cm³/mol. The molecule has 1 N–H and O–H groups in total. The van der Waals surface area contributed by atoms with Crippen molar-refractivity contribution in [3.8, 4) is 5.69 Å². The van der Waals surface area contributed by atoms with Gasteiger partial charge in [0.25, 0.3) is 5.91 Å². The Labute approximate surface area is 167 Å². The molecule has 0 bridgehead atoms. The third kappa shape index (κ3) is 5.17. The smallest absolute Gasteiger partial charge is 0.351 e. The van der Waals surface area contributed by atoms with Gasteiger partial charge < -0.3 is 5.32 Å². The van der Waals surface area contributed by atoms with Crippen LogP contribution in [0, 0.1) is 12.7 Å². The van der Waals surface area contributed by atoms with E-state index in [1.807, 2.05) is 12.3 Å². The standard InChI is InChI=1S/C18H17F4N5OS/c1-11-10-29-14(24-11)4-2-3-9-23-17(28)15-16(18(20,21)22)27(26-25-15)13-7-5-12(19)6-8-13/h5-8,10H,2-4,9H2,1H3,(H,23,28). The molecule has 1 amide bonds.